The fourth-order valence-corrected chi connectivity index (χ4v) is 3.91. The molecule has 2 rings (SSSR count). The first-order valence-electron chi connectivity index (χ1n) is 6.41. The number of rotatable bonds is 6. The molecule has 1 saturated carbocycles. The second kappa shape index (κ2) is 6.81. The Morgan fingerprint density at radius 2 is 2.29 bits per heavy atom. The van der Waals surface area contributed by atoms with Crippen LogP contribution in [0.3, 0.4) is 0 Å². The molecule has 1 aromatic rings. The van der Waals surface area contributed by atoms with Gasteiger partial charge in [-0.3, -0.25) is 0 Å². The van der Waals surface area contributed by atoms with Gasteiger partial charge in [0.2, 0.25) is 0 Å². The van der Waals surface area contributed by atoms with E-state index in [0.717, 1.165) is 12.5 Å². The second-order valence-electron chi connectivity index (χ2n) is 4.62. The van der Waals surface area contributed by atoms with E-state index in [4.69, 9.17) is 0 Å². The van der Waals surface area contributed by atoms with E-state index in [1.54, 1.807) is 0 Å². The fraction of sp³-hybridized carbons (Fsp3) is 0.571. The maximum absolute atomic E-state index is 3.64. The van der Waals surface area contributed by atoms with Crippen LogP contribution in [0.25, 0.3) is 0 Å². The van der Waals surface area contributed by atoms with E-state index in [1.807, 2.05) is 11.8 Å². The molecule has 1 aliphatic rings. The Kier molecular flexibility index (Phi) is 5.39. The second-order valence-corrected chi connectivity index (χ2v) is 6.63. The Hall–Kier alpha value is 0.01000. The Balaban J connectivity index is 1.85. The average Bonchev–Trinajstić information content (AvgIpc) is 2.24. The van der Waals surface area contributed by atoms with E-state index in [0.29, 0.717) is 6.04 Å². The van der Waals surface area contributed by atoms with Gasteiger partial charge in [-0.05, 0) is 43.5 Å². The molecule has 0 amide bonds. The predicted molar refractivity (Wildman–Crippen MR) is 79.7 cm³/mol. The first kappa shape index (κ1) is 13.4. The van der Waals surface area contributed by atoms with Crippen molar-refractivity contribution < 1.29 is 0 Å². The van der Waals surface area contributed by atoms with Crippen LogP contribution in [0.4, 0.5) is 0 Å². The number of hydrogen-bond acceptors (Lipinski definition) is 2. The highest BCUT2D eigenvalue weighted by molar-refractivity contribution is 9.10. The minimum Gasteiger partial charge on any atom is -0.313 e. The Morgan fingerprint density at radius 1 is 1.47 bits per heavy atom. The summed E-state index contributed by atoms with van der Waals surface area (Å²) in [7, 11) is 0. The minimum absolute atomic E-state index is 0.692. The van der Waals surface area contributed by atoms with Gasteiger partial charge in [-0.15, -0.1) is 11.8 Å². The molecule has 0 aromatic heterocycles. The van der Waals surface area contributed by atoms with Gasteiger partial charge in [0.1, 0.15) is 0 Å². The van der Waals surface area contributed by atoms with Crippen LogP contribution < -0.4 is 5.32 Å². The fourth-order valence-electron chi connectivity index (χ4n) is 2.21. The zero-order valence-corrected chi connectivity index (χ0v) is 12.7. The maximum Gasteiger partial charge on any atom is 0.0189 e. The van der Waals surface area contributed by atoms with E-state index in [2.05, 4.69) is 52.4 Å². The van der Waals surface area contributed by atoms with Gasteiger partial charge in [-0.25, -0.2) is 0 Å². The number of thioether (sulfide) groups is 1. The molecule has 1 fully saturated rings. The molecule has 17 heavy (non-hydrogen) atoms. The summed E-state index contributed by atoms with van der Waals surface area (Å²) >= 11 is 5.49. The van der Waals surface area contributed by atoms with Crippen molar-refractivity contribution in [3.05, 3.63) is 28.7 Å². The molecule has 1 N–H and O–H groups in total. The molecule has 1 nitrogen and oxygen atoms in total. The monoisotopic (exact) mass is 313 g/mol. The number of benzene rings is 1. The maximum atomic E-state index is 3.64. The van der Waals surface area contributed by atoms with Crippen LogP contribution in [0.15, 0.2) is 33.6 Å². The van der Waals surface area contributed by atoms with Gasteiger partial charge in [-0.1, -0.05) is 35.3 Å². The van der Waals surface area contributed by atoms with Gasteiger partial charge < -0.3 is 5.32 Å². The zero-order chi connectivity index (χ0) is 12.1. The zero-order valence-electron chi connectivity index (χ0n) is 10.3. The van der Waals surface area contributed by atoms with Crippen molar-refractivity contribution in [3.63, 3.8) is 0 Å². The Labute approximate surface area is 117 Å². The Morgan fingerprint density at radius 3 is 2.88 bits per heavy atom. The largest absolute Gasteiger partial charge is 0.313 e. The van der Waals surface area contributed by atoms with Crippen LogP contribution in [-0.4, -0.2) is 18.3 Å². The highest BCUT2D eigenvalue weighted by Gasteiger charge is 2.26. The van der Waals surface area contributed by atoms with Gasteiger partial charge >= 0.3 is 0 Å². The molecular formula is C14H20BrNS. The Bertz CT molecular complexity index is 352. The SMILES string of the molecule is CCNC(CSc1cccc(Br)c1)C1CCC1. The van der Waals surface area contributed by atoms with Crippen molar-refractivity contribution in [1.29, 1.82) is 0 Å². The van der Waals surface area contributed by atoms with Crippen molar-refractivity contribution in [2.45, 2.75) is 37.1 Å². The van der Waals surface area contributed by atoms with E-state index < -0.39 is 0 Å². The quantitative estimate of drug-likeness (QED) is 0.785. The molecular weight excluding hydrogens is 294 g/mol. The van der Waals surface area contributed by atoms with E-state index in [-0.39, 0.29) is 0 Å². The third-order valence-electron chi connectivity index (χ3n) is 3.41. The van der Waals surface area contributed by atoms with Crippen LogP contribution in [0.1, 0.15) is 26.2 Å². The summed E-state index contributed by atoms with van der Waals surface area (Å²) in [6.07, 6.45) is 4.25. The van der Waals surface area contributed by atoms with Crippen LogP contribution in [0, 0.1) is 5.92 Å². The summed E-state index contributed by atoms with van der Waals surface area (Å²) in [4.78, 5) is 1.36. The molecule has 0 bridgehead atoms. The van der Waals surface area contributed by atoms with Crippen molar-refractivity contribution in [2.24, 2.45) is 5.92 Å². The van der Waals surface area contributed by atoms with Crippen molar-refractivity contribution in [3.8, 4) is 0 Å². The smallest absolute Gasteiger partial charge is 0.0189 e. The summed E-state index contributed by atoms with van der Waals surface area (Å²) in [5.74, 6) is 2.10. The normalized spacial score (nSPS) is 17.8. The van der Waals surface area contributed by atoms with E-state index >= 15 is 0 Å². The standard InChI is InChI=1S/C14H20BrNS/c1-2-16-14(11-5-3-6-11)10-17-13-8-4-7-12(15)9-13/h4,7-9,11,14,16H,2-3,5-6,10H2,1H3. The molecule has 1 unspecified atom stereocenters. The summed E-state index contributed by atoms with van der Waals surface area (Å²) in [5.41, 5.74) is 0. The van der Waals surface area contributed by atoms with Crippen LogP contribution >= 0.6 is 27.7 Å². The molecule has 0 saturated heterocycles. The number of nitrogens with one attached hydrogen (secondary N) is 1. The van der Waals surface area contributed by atoms with Crippen LogP contribution in [0.5, 0.6) is 0 Å². The molecule has 1 atom stereocenters. The summed E-state index contributed by atoms with van der Waals surface area (Å²) in [6, 6.07) is 9.28. The molecule has 1 aromatic carbocycles. The molecule has 0 radical (unpaired) electrons. The van der Waals surface area contributed by atoms with Crippen LogP contribution in [0.2, 0.25) is 0 Å². The third-order valence-corrected chi connectivity index (χ3v) is 5.02. The number of hydrogen-bond donors (Lipinski definition) is 1. The lowest BCUT2D eigenvalue weighted by molar-refractivity contribution is 0.246. The topological polar surface area (TPSA) is 12.0 Å². The van der Waals surface area contributed by atoms with Gasteiger partial charge in [0.05, 0.1) is 0 Å². The molecule has 1 aliphatic carbocycles. The predicted octanol–water partition coefficient (Wildman–Crippen LogP) is 4.32. The van der Waals surface area contributed by atoms with E-state index in [9.17, 15) is 0 Å². The van der Waals surface area contributed by atoms with E-state index in [1.165, 1.54) is 34.4 Å². The highest BCUT2D eigenvalue weighted by Crippen LogP contribution is 2.32. The molecule has 0 aliphatic heterocycles. The summed E-state index contributed by atoms with van der Waals surface area (Å²) in [5, 5.41) is 3.64. The molecule has 0 spiro atoms. The van der Waals surface area contributed by atoms with Gasteiger partial charge in [0.25, 0.3) is 0 Å². The van der Waals surface area contributed by atoms with Gasteiger partial charge in [-0.2, -0.15) is 0 Å². The van der Waals surface area contributed by atoms with Crippen molar-refractivity contribution in [1.82, 2.24) is 5.32 Å². The van der Waals surface area contributed by atoms with Gasteiger partial charge in [0, 0.05) is 21.2 Å². The molecule has 3 heteroatoms. The molecule has 0 heterocycles. The first-order valence-corrected chi connectivity index (χ1v) is 8.19. The lowest BCUT2D eigenvalue weighted by Gasteiger charge is -2.34. The number of halogens is 1. The minimum atomic E-state index is 0.692. The van der Waals surface area contributed by atoms with Crippen molar-refractivity contribution >= 4 is 27.7 Å². The molecule has 94 valence electrons. The lowest BCUT2D eigenvalue weighted by Crippen LogP contribution is -2.41. The van der Waals surface area contributed by atoms with Crippen LogP contribution in [-0.2, 0) is 0 Å². The lowest BCUT2D eigenvalue weighted by atomic mass is 9.80. The highest BCUT2D eigenvalue weighted by atomic mass is 79.9. The average molecular weight is 314 g/mol. The third kappa shape index (κ3) is 4.01. The van der Waals surface area contributed by atoms with Gasteiger partial charge in [0.15, 0.2) is 0 Å². The summed E-state index contributed by atoms with van der Waals surface area (Å²) in [6.45, 7) is 3.29. The van der Waals surface area contributed by atoms with Crippen molar-refractivity contribution in [2.75, 3.05) is 12.3 Å². The summed E-state index contributed by atoms with van der Waals surface area (Å²) < 4.78 is 1.17. The first-order chi connectivity index (χ1) is 8.29.